The third kappa shape index (κ3) is 3.35. The van der Waals surface area contributed by atoms with E-state index in [1.54, 1.807) is 0 Å². The summed E-state index contributed by atoms with van der Waals surface area (Å²) in [6.07, 6.45) is 5.38. The van der Waals surface area contributed by atoms with Crippen LogP contribution in [0.15, 0.2) is 28.9 Å². The molecule has 1 aromatic carbocycles. The molecule has 2 aliphatic rings. The highest BCUT2D eigenvalue weighted by molar-refractivity contribution is 9.10. The first-order chi connectivity index (χ1) is 12.7. The summed E-state index contributed by atoms with van der Waals surface area (Å²) >= 11 is 3.60. The summed E-state index contributed by atoms with van der Waals surface area (Å²) in [5.74, 6) is -0.253. The molecular formula is C22H28BrN2O2+. The zero-order valence-corrected chi connectivity index (χ0v) is 18.1. The Kier molecular flexibility index (Phi) is 4.49. The van der Waals surface area contributed by atoms with Crippen LogP contribution in [0.1, 0.15) is 57.3 Å². The zero-order valence-electron chi connectivity index (χ0n) is 16.6. The molecule has 2 heterocycles. The molecule has 4 nitrogen and oxygen atoms in total. The van der Waals surface area contributed by atoms with E-state index in [0.717, 1.165) is 34.0 Å². The van der Waals surface area contributed by atoms with Gasteiger partial charge in [0.05, 0.1) is 17.7 Å². The molecule has 0 spiro atoms. The Bertz CT molecular complexity index is 911. The Morgan fingerprint density at radius 2 is 2.11 bits per heavy atom. The Labute approximate surface area is 169 Å². The van der Waals surface area contributed by atoms with Gasteiger partial charge in [0, 0.05) is 23.1 Å². The average Bonchev–Trinajstić information content (AvgIpc) is 2.82. The van der Waals surface area contributed by atoms with Crippen LogP contribution in [0, 0.1) is 10.8 Å². The van der Waals surface area contributed by atoms with Crippen molar-refractivity contribution in [3.8, 4) is 0 Å². The summed E-state index contributed by atoms with van der Waals surface area (Å²) in [6, 6.07) is 6.65. The Morgan fingerprint density at radius 1 is 1.33 bits per heavy atom. The van der Waals surface area contributed by atoms with Crippen LogP contribution < -0.4 is 9.88 Å². The maximum Gasteiger partial charge on any atom is 0.346 e. The van der Waals surface area contributed by atoms with Crippen molar-refractivity contribution in [2.75, 3.05) is 18.1 Å². The number of hydrogen-bond acceptors (Lipinski definition) is 3. The van der Waals surface area contributed by atoms with Crippen molar-refractivity contribution in [3.05, 3.63) is 34.4 Å². The molecule has 0 unspecified atom stereocenters. The number of nitrogens with one attached hydrogen (secondary N) is 1. The van der Waals surface area contributed by atoms with E-state index >= 15 is 0 Å². The number of hydrogen-bond donors (Lipinski definition) is 0. The van der Waals surface area contributed by atoms with Crippen molar-refractivity contribution >= 4 is 38.5 Å². The summed E-state index contributed by atoms with van der Waals surface area (Å²) in [7, 11) is 0. The SMILES string of the molecule is CCOC(=O)c1c[nH+]c2ccc(Br)cc2c1N1C[C@@]2(C)C[C@@H]1CC(C)(C)C2. The van der Waals surface area contributed by atoms with Crippen LogP contribution in [0.2, 0.25) is 0 Å². The minimum atomic E-state index is -0.253. The van der Waals surface area contributed by atoms with Crippen molar-refractivity contribution in [2.45, 2.75) is 53.0 Å². The highest BCUT2D eigenvalue weighted by atomic mass is 79.9. The number of nitrogens with zero attached hydrogens (tertiary/aromatic N) is 1. The zero-order chi connectivity index (χ0) is 19.4. The number of rotatable bonds is 3. The van der Waals surface area contributed by atoms with E-state index in [1.807, 2.05) is 19.2 Å². The van der Waals surface area contributed by atoms with Crippen molar-refractivity contribution in [1.82, 2.24) is 0 Å². The number of pyridine rings is 1. The molecule has 0 radical (unpaired) electrons. The second-order valence-electron chi connectivity index (χ2n) is 9.30. The molecular weight excluding hydrogens is 404 g/mol. The number of ether oxygens (including phenoxy) is 1. The lowest BCUT2D eigenvalue weighted by Gasteiger charge is -2.39. The van der Waals surface area contributed by atoms with E-state index in [9.17, 15) is 4.79 Å². The molecule has 1 aromatic heterocycles. The molecule has 27 heavy (non-hydrogen) atoms. The number of H-pyrrole nitrogens is 1. The van der Waals surface area contributed by atoms with Crippen LogP contribution in [0.25, 0.3) is 10.9 Å². The molecule has 2 atom stereocenters. The van der Waals surface area contributed by atoms with Gasteiger partial charge in [0.1, 0.15) is 5.56 Å². The van der Waals surface area contributed by atoms with E-state index in [1.165, 1.54) is 12.8 Å². The smallest absolute Gasteiger partial charge is 0.346 e. The van der Waals surface area contributed by atoms with Gasteiger partial charge < -0.3 is 9.64 Å². The predicted octanol–water partition coefficient (Wildman–Crippen LogP) is 5.00. The van der Waals surface area contributed by atoms with Gasteiger partial charge >= 0.3 is 5.97 Å². The molecule has 1 aliphatic carbocycles. The molecule has 0 amide bonds. The van der Waals surface area contributed by atoms with Gasteiger partial charge in [-0.2, -0.15) is 0 Å². The predicted molar refractivity (Wildman–Crippen MR) is 111 cm³/mol. The Hall–Kier alpha value is -1.62. The van der Waals surface area contributed by atoms with E-state index < -0.39 is 0 Å². The number of aromatic nitrogens is 1. The molecule has 144 valence electrons. The molecule has 4 rings (SSSR count). The monoisotopic (exact) mass is 431 g/mol. The van der Waals surface area contributed by atoms with Gasteiger partial charge in [-0.3, -0.25) is 0 Å². The van der Waals surface area contributed by atoms with E-state index in [2.05, 4.69) is 58.7 Å². The van der Waals surface area contributed by atoms with E-state index in [-0.39, 0.29) is 11.4 Å². The Morgan fingerprint density at radius 3 is 2.85 bits per heavy atom. The van der Waals surface area contributed by atoms with Gasteiger partial charge in [-0.1, -0.05) is 36.7 Å². The summed E-state index contributed by atoms with van der Waals surface area (Å²) in [4.78, 5) is 18.5. The fraction of sp³-hybridized carbons (Fsp3) is 0.545. The van der Waals surface area contributed by atoms with Crippen LogP contribution in [0.4, 0.5) is 5.69 Å². The van der Waals surface area contributed by atoms with E-state index in [4.69, 9.17) is 4.74 Å². The fourth-order valence-electron chi connectivity index (χ4n) is 5.60. The summed E-state index contributed by atoms with van der Waals surface area (Å²) in [5.41, 5.74) is 3.31. The molecule has 1 N–H and O–H groups in total. The number of anilines is 1. The van der Waals surface area contributed by atoms with Gasteiger partial charge in [-0.25, -0.2) is 9.78 Å². The molecule has 2 aromatic rings. The number of halogens is 1. The Balaban J connectivity index is 1.90. The van der Waals surface area contributed by atoms with Gasteiger partial charge in [-0.15, -0.1) is 0 Å². The minimum absolute atomic E-state index is 0.253. The largest absolute Gasteiger partial charge is 0.462 e. The van der Waals surface area contributed by atoms with E-state index in [0.29, 0.717) is 23.6 Å². The molecule has 2 bridgehead atoms. The topological polar surface area (TPSA) is 43.7 Å². The number of fused-ring (bicyclic) bond motifs is 3. The quantitative estimate of drug-likeness (QED) is 0.642. The normalized spacial score (nSPS) is 26.4. The van der Waals surface area contributed by atoms with Crippen molar-refractivity contribution in [1.29, 1.82) is 0 Å². The lowest BCUT2D eigenvalue weighted by molar-refractivity contribution is -0.344. The third-order valence-electron chi connectivity index (χ3n) is 6.06. The standard InChI is InChI=1S/C22H27BrN2O2/c1-5-27-20(26)17-11-24-18-7-6-14(23)8-16(18)19(17)25-13-22(4)10-15(25)9-21(2,3)12-22/h6-8,11,15H,5,9-10,12-13H2,1-4H3/p+1/t15-,22-/m0/s1. The van der Waals surface area contributed by atoms with Crippen molar-refractivity contribution in [2.24, 2.45) is 10.8 Å². The van der Waals surface area contributed by atoms with Gasteiger partial charge in [0.2, 0.25) is 5.52 Å². The van der Waals surface area contributed by atoms with Crippen molar-refractivity contribution < 1.29 is 14.5 Å². The van der Waals surface area contributed by atoms with Gasteiger partial charge in [0.25, 0.3) is 0 Å². The first kappa shape index (κ1) is 18.7. The average molecular weight is 432 g/mol. The number of esters is 1. The first-order valence-electron chi connectivity index (χ1n) is 9.79. The highest BCUT2D eigenvalue weighted by Crippen LogP contribution is 2.54. The molecule has 1 saturated heterocycles. The summed E-state index contributed by atoms with van der Waals surface area (Å²) in [6.45, 7) is 10.4. The third-order valence-corrected chi connectivity index (χ3v) is 6.55. The van der Waals surface area contributed by atoms with Gasteiger partial charge in [-0.05, 0) is 49.1 Å². The maximum atomic E-state index is 12.8. The fourth-order valence-corrected chi connectivity index (χ4v) is 5.96. The number of carbonyl (C=O) groups excluding carboxylic acids is 1. The van der Waals surface area contributed by atoms with Crippen molar-refractivity contribution in [3.63, 3.8) is 0 Å². The van der Waals surface area contributed by atoms with Crippen LogP contribution in [-0.2, 0) is 4.74 Å². The highest BCUT2D eigenvalue weighted by Gasteiger charge is 2.50. The number of carbonyl (C=O) groups is 1. The second kappa shape index (κ2) is 6.47. The molecule has 1 aliphatic heterocycles. The number of benzene rings is 1. The van der Waals surface area contributed by atoms with Crippen LogP contribution in [0.3, 0.4) is 0 Å². The summed E-state index contributed by atoms with van der Waals surface area (Å²) in [5, 5.41) is 1.07. The number of aromatic amines is 1. The minimum Gasteiger partial charge on any atom is -0.462 e. The molecule has 2 fully saturated rings. The molecule has 5 heteroatoms. The second-order valence-corrected chi connectivity index (χ2v) is 10.2. The molecule has 1 saturated carbocycles. The summed E-state index contributed by atoms with van der Waals surface area (Å²) < 4.78 is 6.40. The van der Waals surface area contributed by atoms with Crippen LogP contribution in [-0.4, -0.2) is 25.2 Å². The maximum absolute atomic E-state index is 12.8. The van der Waals surface area contributed by atoms with Crippen LogP contribution in [0.5, 0.6) is 0 Å². The van der Waals surface area contributed by atoms with Gasteiger partial charge in [0.15, 0.2) is 6.20 Å². The van der Waals surface area contributed by atoms with Crippen LogP contribution >= 0.6 is 15.9 Å². The lowest BCUT2D eigenvalue weighted by atomic mass is 9.65. The first-order valence-corrected chi connectivity index (χ1v) is 10.6. The lowest BCUT2D eigenvalue weighted by Crippen LogP contribution is -2.35.